The first-order valence-corrected chi connectivity index (χ1v) is 12.1. The van der Waals surface area contributed by atoms with E-state index in [1.165, 1.54) is 18.0 Å². The number of piperidine rings is 1. The fraction of sp³-hybridized carbons (Fsp3) is 0.200. The van der Waals surface area contributed by atoms with Crippen LogP contribution in [0, 0.1) is 5.82 Å². The number of fused-ring (bicyclic) bond motifs is 1. The molecule has 0 saturated carbocycles. The Hall–Kier alpha value is -2.87. The molecule has 0 spiro atoms. The van der Waals surface area contributed by atoms with Gasteiger partial charge in [0.2, 0.25) is 5.95 Å². The number of anilines is 2. The molecule has 1 atom stereocenters. The number of nitrogens with one attached hydrogen (secondary N) is 3. The number of hydrogen-bond donors (Lipinski definition) is 3. The van der Waals surface area contributed by atoms with E-state index in [4.69, 9.17) is 11.6 Å². The molecule has 1 fully saturated rings. The summed E-state index contributed by atoms with van der Waals surface area (Å²) in [6, 6.07) is 18.9. The molecule has 1 saturated heterocycles. The highest BCUT2D eigenvalue weighted by Crippen LogP contribution is 2.31. The van der Waals surface area contributed by atoms with Crippen LogP contribution < -0.4 is 15.4 Å². The van der Waals surface area contributed by atoms with Crippen LogP contribution in [0.5, 0.6) is 0 Å². The van der Waals surface area contributed by atoms with Crippen molar-refractivity contribution in [3.8, 4) is 11.1 Å². The van der Waals surface area contributed by atoms with E-state index in [1.807, 2.05) is 48.7 Å². The summed E-state index contributed by atoms with van der Waals surface area (Å²) in [5.41, 5.74) is 2.96. The summed E-state index contributed by atoms with van der Waals surface area (Å²) in [7, 11) is 0. The smallest absolute Gasteiger partial charge is 0.223 e. The molecular weight excluding hydrogens is 457 g/mol. The van der Waals surface area contributed by atoms with Gasteiger partial charge >= 0.3 is 0 Å². The van der Waals surface area contributed by atoms with Crippen LogP contribution in [0.2, 0.25) is 5.02 Å². The second-order valence-electron chi connectivity index (χ2n) is 7.98. The summed E-state index contributed by atoms with van der Waals surface area (Å²) >= 11 is 7.45. The molecule has 2 heterocycles. The molecule has 0 radical (unpaired) electrons. The van der Waals surface area contributed by atoms with E-state index in [9.17, 15) is 4.39 Å². The zero-order valence-corrected chi connectivity index (χ0v) is 19.4. The third-order valence-corrected chi connectivity index (χ3v) is 6.96. The largest absolute Gasteiger partial charge is 0.350 e. The van der Waals surface area contributed by atoms with Gasteiger partial charge < -0.3 is 15.4 Å². The van der Waals surface area contributed by atoms with Crippen LogP contribution in [0.4, 0.5) is 16.0 Å². The molecule has 0 amide bonds. The van der Waals surface area contributed by atoms with Crippen molar-refractivity contribution in [1.29, 1.82) is 0 Å². The quantitative estimate of drug-likeness (QED) is 0.279. The third-order valence-electron chi connectivity index (χ3n) is 5.62. The molecule has 8 heteroatoms. The molecule has 5 rings (SSSR count). The molecule has 1 aromatic heterocycles. The number of halogens is 2. The Kier molecular flexibility index (Phi) is 6.62. The first-order chi connectivity index (χ1) is 16.2. The summed E-state index contributed by atoms with van der Waals surface area (Å²) in [5, 5.41) is 8.33. The summed E-state index contributed by atoms with van der Waals surface area (Å²) < 4.78 is 17.8. The average Bonchev–Trinajstić information content (AvgIpc) is 2.84. The van der Waals surface area contributed by atoms with E-state index in [0.29, 0.717) is 22.7 Å². The van der Waals surface area contributed by atoms with E-state index in [2.05, 4.69) is 25.3 Å². The number of aromatic nitrogens is 2. The minimum absolute atomic E-state index is 0.330. The first-order valence-electron chi connectivity index (χ1n) is 10.9. The zero-order chi connectivity index (χ0) is 22.6. The first kappa shape index (κ1) is 21.9. The Labute approximate surface area is 201 Å². The molecule has 3 N–H and O–H groups in total. The van der Waals surface area contributed by atoms with Crippen molar-refractivity contribution in [1.82, 2.24) is 15.3 Å². The highest BCUT2D eigenvalue weighted by Gasteiger charge is 2.14. The molecule has 33 heavy (non-hydrogen) atoms. The van der Waals surface area contributed by atoms with Gasteiger partial charge in [0.25, 0.3) is 0 Å². The van der Waals surface area contributed by atoms with Gasteiger partial charge in [-0.3, -0.25) is 0 Å². The van der Waals surface area contributed by atoms with E-state index in [1.54, 1.807) is 12.1 Å². The van der Waals surface area contributed by atoms with Crippen LogP contribution in [-0.4, -0.2) is 29.1 Å². The van der Waals surface area contributed by atoms with Crippen molar-refractivity contribution >= 4 is 46.1 Å². The number of rotatable bonds is 6. The topological polar surface area (TPSA) is 61.9 Å². The lowest BCUT2D eigenvalue weighted by atomic mass is 10.0. The maximum Gasteiger partial charge on any atom is 0.223 e. The van der Waals surface area contributed by atoms with Gasteiger partial charge in [0.15, 0.2) is 0 Å². The highest BCUT2D eigenvalue weighted by molar-refractivity contribution is 8.00. The van der Waals surface area contributed by atoms with E-state index in [0.717, 1.165) is 52.9 Å². The maximum atomic E-state index is 14.8. The lowest BCUT2D eigenvalue weighted by molar-refractivity contribution is 0.478. The molecular formula is C25H23ClFN5S. The van der Waals surface area contributed by atoms with Crippen LogP contribution in [0.25, 0.3) is 22.0 Å². The minimum atomic E-state index is -0.330. The molecule has 168 valence electrons. The van der Waals surface area contributed by atoms with E-state index in [-0.39, 0.29) is 5.82 Å². The van der Waals surface area contributed by atoms with Crippen molar-refractivity contribution in [3.63, 3.8) is 0 Å². The van der Waals surface area contributed by atoms with Crippen LogP contribution in [0.3, 0.4) is 0 Å². The summed E-state index contributed by atoms with van der Waals surface area (Å²) in [6.07, 6.45) is 4.08. The highest BCUT2D eigenvalue weighted by atomic mass is 35.5. The molecule has 0 aliphatic carbocycles. The standard InChI is InChI=1S/C25H23ClFN5S/c26-20-5-1-2-6-24(20)33-32-23-10-8-17(13-21(23)27)16-7-9-22-18(12-16)14-29-25(31-22)30-19-4-3-11-28-15-19/h1-2,5-10,12-14,19,28,32H,3-4,11,15H2,(H,29,30,31)/t19-/m0/s1. The normalized spacial score (nSPS) is 16.0. The molecule has 4 aromatic rings. The van der Waals surface area contributed by atoms with Crippen molar-refractivity contribution in [2.45, 2.75) is 23.8 Å². The monoisotopic (exact) mass is 479 g/mol. The van der Waals surface area contributed by atoms with Gasteiger partial charge in [0.1, 0.15) is 5.82 Å². The molecule has 5 nitrogen and oxygen atoms in total. The Morgan fingerprint density at radius 1 is 1.06 bits per heavy atom. The average molecular weight is 480 g/mol. The Morgan fingerprint density at radius 3 is 2.73 bits per heavy atom. The lowest BCUT2D eigenvalue weighted by Gasteiger charge is -2.23. The van der Waals surface area contributed by atoms with Gasteiger partial charge in [0.05, 0.1) is 16.2 Å². The number of hydrogen-bond acceptors (Lipinski definition) is 6. The van der Waals surface area contributed by atoms with Crippen molar-refractivity contribution < 1.29 is 4.39 Å². The van der Waals surface area contributed by atoms with E-state index >= 15 is 0 Å². The Morgan fingerprint density at radius 2 is 1.91 bits per heavy atom. The maximum absolute atomic E-state index is 14.8. The Balaban J connectivity index is 1.31. The predicted octanol–water partition coefficient (Wildman–Crippen LogP) is 6.37. The van der Waals surface area contributed by atoms with Crippen molar-refractivity contribution in [2.24, 2.45) is 0 Å². The number of nitrogens with zero attached hydrogens (tertiary/aromatic N) is 2. The zero-order valence-electron chi connectivity index (χ0n) is 17.8. The van der Waals surface area contributed by atoms with Crippen LogP contribution in [0.1, 0.15) is 12.8 Å². The second kappa shape index (κ2) is 9.95. The van der Waals surface area contributed by atoms with Gasteiger partial charge in [-0.25, -0.2) is 14.4 Å². The van der Waals surface area contributed by atoms with Gasteiger partial charge in [-0.05, 0) is 78.9 Å². The molecule has 1 aliphatic heterocycles. The molecule has 1 aliphatic rings. The summed E-state index contributed by atoms with van der Waals surface area (Å²) in [5.74, 6) is 0.311. The van der Waals surface area contributed by atoms with Crippen LogP contribution >= 0.6 is 23.5 Å². The lowest BCUT2D eigenvalue weighted by Crippen LogP contribution is -2.38. The van der Waals surface area contributed by atoms with Crippen molar-refractivity contribution in [3.05, 3.63) is 77.7 Å². The molecule has 0 unspecified atom stereocenters. The van der Waals surface area contributed by atoms with Crippen molar-refractivity contribution in [2.75, 3.05) is 23.1 Å². The van der Waals surface area contributed by atoms with Gasteiger partial charge in [-0.1, -0.05) is 35.9 Å². The summed E-state index contributed by atoms with van der Waals surface area (Å²) in [6.45, 7) is 1.99. The summed E-state index contributed by atoms with van der Waals surface area (Å²) in [4.78, 5) is 9.97. The molecule has 0 bridgehead atoms. The third kappa shape index (κ3) is 5.21. The van der Waals surface area contributed by atoms with E-state index < -0.39 is 0 Å². The Bertz CT molecular complexity index is 1280. The number of benzene rings is 3. The van der Waals surface area contributed by atoms with Gasteiger partial charge in [0, 0.05) is 29.1 Å². The van der Waals surface area contributed by atoms with Gasteiger partial charge in [-0.15, -0.1) is 0 Å². The fourth-order valence-electron chi connectivity index (χ4n) is 3.85. The SMILES string of the molecule is Fc1cc(-c2ccc3nc(N[C@H]4CCCNC4)ncc3c2)ccc1NSc1ccccc1Cl. The van der Waals surface area contributed by atoms with Gasteiger partial charge in [-0.2, -0.15) is 0 Å². The second-order valence-corrected chi connectivity index (χ2v) is 9.24. The van der Waals surface area contributed by atoms with Crippen LogP contribution in [0.15, 0.2) is 71.8 Å². The predicted molar refractivity (Wildman–Crippen MR) is 135 cm³/mol. The van der Waals surface area contributed by atoms with Crippen LogP contribution in [-0.2, 0) is 0 Å². The minimum Gasteiger partial charge on any atom is -0.350 e. The fourth-order valence-corrected chi connectivity index (χ4v) is 4.80. The molecule has 3 aromatic carbocycles.